The van der Waals surface area contributed by atoms with Gasteiger partial charge in [-0.15, -0.1) is 0 Å². The largest absolute Gasteiger partial charge is 0.377 e. The van der Waals surface area contributed by atoms with Crippen molar-refractivity contribution in [2.24, 2.45) is 5.73 Å². The zero-order valence-electron chi connectivity index (χ0n) is 10.4. The van der Waals surface area contributed by atoms with Gasteiger partial charge in [0.05, 0.1) is 12.3 Å². The topological polar surface area (TPSA) is 81.0 Å². The van der Waals surface area contributed by atoms with Gasteiger partial charge in [-0.1, -0.05) is 23.7 Å². The van der Waals surface area contributed by atoms with Crippen LogP contribution in [0.5, 0.6) is 0 Å². The van der Waals surface area contributed by atoms with Crippen molar-refractivity contribution in [2.45, 2.75) is 13.5 Å². The van der Waals surface area contributed by atoms with Gasteiger partial charge in [0.1, 0.15) is 5.69 Å². The number of halogens is 1. The van der Waals surface area contributed by atoms with Crippen LogP contribution in [0.2, 0.25) is 5.02 Å². The SMILES string of the molecule is CCOCc1c(-c2ccc(Cl)cc2)n[nH]c1C(N)=O. The third-order valence-electron chi connectivity index (χ3n) is 2.68. The highest BCUT2D eigenvalue weighted by Gasteiger charge is 2.18. The number of primary amides is 1. The third kappa shape index (κ3) is 2.94. The van der Waals surface area contributed by atoms with Gasteiger partial charge in [-0.3, -0.25) is 9.89 Å². The van der Waals surface area contributed by atoms with Crippen molar-refractivity contribution >= 4 is 17.5 Å². The van der Waals surface area contributed by atoms with Crippen molar-refractivity contribution in [3.05, 3.63) is 40.5 Å². The number of hydrogen-bond donors (Lipinski definition) is 2. The van der Waals surface area contributed by atoms with E-state index in [-0.39, 0.29) is 12.3 Å². The van der Waals surface area contributed by atoms with E-state index in [4.69, 9.17) is 22.1 Å². The molecule has 0 bridgehead atoms. The highest BCUT2D eigenvalue weighted by Crippen LogP contribution is 2.25. The Morgan fingerprint density at radius 2 is 2.11 bits per heavy atom. The van der Waals surface area contributed by atoms with Gasteiger partial charge in [-0.25, -0.2) is 0 Å². The maximum absolute atomic E-state index is 11.4. The number of aromatic nitrogens is 2. The zero-order chi connectivity index (χ0) is 13.8. The average molecular weight is 280 g/mol. The molecule has 0 radical (unpaired) electrons. The predicted octanol–water partition coefficient (Wildman–Crippen LogP) is 2.37. The Hall–Kier alpha value is -1.85. The first kappa shape index (κ1) is 13.6. The summed E-state index contributed by atoms with van der Waals surface area (Å²) in [6.45, 7) is 2.71. The van der Waals surface area contributed by atoms with E-state index in [2.05, 4.69) is 10.2 Å². The molecular formula is C13H14ClN3O2. The Kier molecular flexibility index (Phi) is 4.19. The van der Waals surface area contributed by atoms with E-state index in [1.54, 1.807) is 12.1 Å². The number of aromatic amines is 1. The highest BCUT2D eigenvalue weighted by atomic mass is 35.5. The second-order valence-electron chi connectivity index (χ2n) is 3.93. The molecule has 0 aliphatic heterocycles. The molecule has 0 saturated carbocycles. The number of nitrogens with zero attached hydrogens (tertiary/aromatic N) is 1. The maximum Gasteiger partial charge on any atom is 0.267 e. The zero-order valence-corrected chi connectivity index (χ0v) is 11.2. The van der Waals surface area contributed by atoms with E-state index in [1.165, 1.54) is 0 Å². The average Bonchev–Trinajstić information content (AvgIpc) is 2.81. The second-order valence-corrected chi connectivity index (χ2v) is 4.37. The van der Waals surface area contributed by atoms with Crippen LogP contribution in [0.3, 0.4) is 0 Å². The fraction of sp³-hybridized carbons (Fsp3) is 0.231. The number of carbonyl (C=O) groups is 1. The summed E-state index contributed by atoms with van der Waals surface area (Å²) in [6.07, 6.45) is 0. The number of carbonyl (C=O) groups excluding carboxylic acids is 1. The Balaban J connectivity index is 2.44. The van der Waals surface area contributed by atoms with Gasteiger partial charge in [-0.05, 0) is 19.1 Å². The number of hydrogen-bond acceptors (Lipinski definition) is 3. The van der Waals surface area contributed by atoms with Crippen LogP contribution in [0.4, 0.5) is 0 Å². The molecule has 19 heavy (non-hydrogen) atoms. The summed E-state index contributed by atoms with van der Waals surface area (Å²) in [5.41, 5.74) is 7.76. The van der Waals surface area contributed by atoms with Crippen molar-refractivity contribution in [3.8, 4) is 11.3 Å². The Morgan fingerprint density at radius 3 is 2.68 bits per heavy atom. The Morgan fingerprint density at radius 1 is 1.42 bits per heavy atom. The van der Waals surface area contributed by atoms with Crippen molar-refractivity contribution in [2.75, 3.05) is 6.61 Å². The van der Waals surface area contributed by atoms with Crippen molar-refractivity contribution in [3.63, 3.8) is 0 Å². The molecule has 3 N–H and O–H groups in total. The van der Waals surface area contributed by atoms with Crippen LogP contribution in [0.1, 0.15) is 23.0 Å². The minimum absolute atomic E-state index is 0.276. The van der Waals surface area contributed by atoms with Crippen LogP contribution >= 0.6 is 11.6 Å². The van der Waals surface area contributed by atoms with Crippen LogP contribution in [-0.4, -0.2) is 22.7 Å². The lowest BCUT2D eigenvalue weighted by atomic mass is 10.1. The minimum Gasteiger partial charge on any atom is -0.377 e. The van der Waals surface area contributed by atoms with Crippen molar-refractivity contribution < 1.29 is 9.53 Å². The first-order valence-electron chi connectivity index (χ1n) is 5.84. The van der Waals surface area contributed by atoms with E-state index in [1.807, 2.05) is 19.1 Å². The first-order valence-corrected chi connectivity index (χ1v) is 6.22. The standard InChI is InChI=1S/C13H14ClN3O2/c1-2-19-7-10-11(16-17-12(10)13(15)18)8-3-5-9(14)6-4-8/h3-6H,2,7H2,1H3,(H2,15,18)(H,16,17). The Labute approximate surface area is 115 Å². The van der Waals surface area contributed by atoms with E-state index < -0.39 is 5.91 Å². The molecule has 0 spiro atoms. The molecule has 2 rings (SSSR count). The van der Waals surface area contributed by atoms with E-state index >= 15 is 0 Å². The number of rotatable bonds is 5. The molecule has 100 valence electrons. The summed E-state index contributed by atoms with van der Waals surface area (Å²) >= 11 is 5.85. The summed E-state index contributed by atoms with van der Waals surface area (Å²) in [5, 5.41) is 7.44. The van der Waals surface area contributed by atoms with Gasteiger partial charge in [0.25, 0.3) is 5.91 Å². The number of H-pyrrole nitrogens is 1. The Bertz CT molecular complexity index is 578. The summed E-state index contributed by atoms with van der Waals surface area (Å²) in [7, 11) is 0. The predicted molar refractivity (Wildman–Crippen MR) is 72.9 cm³/mol. The van der Waals surface area contributed by atoms with Crippen LogP contribution < -0.4 is 5.73 Å². The number of amides is 1. The summed E-state index contributed by atoms with van der Waals surface area (Å²) in [6, 6.07) is 7.19. The lowest BCUT2D eigenvalue weighted by molar-refractivity contribution is 0.0985. The quantitative estimate of drug-likeness (QED) is 0.881. The molecule has 2 aromatic rings. The molecule has 0 fully saturated rings. The van der Waals surface area contributed by atoms with Crippen LogP contribution in [0, 0.1) is 0 Å². The molecule has 0 aliphatic rings. The third-order valence-corrected chi connectivity index (χ3v) is 2.93. The summed E-state index contributed by atoms with van der Waals surface area (Å²) in [4.78, 5) is 11.4. The van der Waals surface area contributed by atoms with Crippen LogP contribution in [0.15, 0.2) is 24.3 Å². The van der Waals surface area contributed by atoms with E-state index in [0.717, 1.165) is 5.56 Å². The molecule has 0 aliphatic carbocycles. The normalized spacial score (nSPS) is 10.6. The molecule has 0 atom stereocenters. The maximum atomic E-state index is 11.4. The van der Waals surface area contributed by atoms with Gasteiger partial charge >= 0.3 is 0 Å². The number of ether oxygens (including phenoxy) is 1. The van der Waals surface area contributed by atoms with Crippen LogP contribution in [-0.2, 0) is 11.3 Å². The molecule has 6 heteroatoms. The molecule has 0 unspecified atom stereocenters. The van der Waals surface area contributed by atoms with Gasteiger partial charge in [-0.2, -0.15) is 5.10 Å². The molecule has 1 aromatic carbocycles. The number of nitrogens with two attached hydrogens (primary N) is 1. The molecule has 1 heterocycles. The number of nitrogens with one attached hydrogen (secondary N) is 1. The summed E-state index contributed by atoms with van der Waals surface area (Å²) < 4.78 is 5.36. The molecule has 0 saturated heterocycles. The van der Waals surface area contributed by atoms with E-state index in [9.17, 15) is 4.79 Å². The van der Waals surface area contributed by atoms with Gasteiger partial charge < -0.3 is 10.5 Å². The number of benzene rings is 1. The highest BCUT2D eigenvalue weighted by molar-refractivity contribution is 6.30. The minimum atomic E-state index is -0.553. The van der Waals surface area contributed by atoms with Crippen molar-refractivity contribution in [1.82, 2.24) is 10.2 Å². The van der Waals surface area contributed by atoms with E-state index in [0.29, 0.717) is 22.9 Å². The smallest absolute Gasteiger partial charge is 0.267 e. The van der Waals surface area contributed by atoms with Gasteiger partial charge in [0.2, 0.25) is 0 Å². The fourth-order valence-corrected chi connectivity index (χ4v) is 1.89. The first-order chi connectivity index (χ1) is 9.13. The van der Waals surface area contributed by atoms with Gasteiger partial charge in [0.15, 0.2) is 0 Å². The fourth-order valence-electron chi connectivity index (χ4n) is 1.76. The summed E-state index contributed by atoms with van der Waals surface area (Å²) in [5.74, 6) is -0.553. The molecule has 5 nitrogen and oxygen atoms in total. The molecule has 1 aromatic heterocycles. The lowest BCUT2D eigenvalue weighted by Gasteiger charge is -2.04. The monoisotopic (exact) mass is 279 g/mol. The van der Waals surface area contributed by atoms with Crippen LogP contribution in [0.25, 0.3) is 11.3 Å². The second kappa shape index (κ2) is 5.86. The lowest BCUT2D eigenvalue weighted by Crippen LogP contribution is -2.14. The molecular weight excluding hydrogens is 266 g/mol. The molecule has 1 amide bonds. The van der Waals surface area contributed by atoms with Crippen molar-refractivity contribution in [1.29, 1.82) is 0 Å². The van der Waals surface area contributed by atoms with Gasteiger partial charge in [0, 0.05) is 22.8 Å².